The van der Waals surface area contributed by atoms with Gasteiger partial charge in [0.15, 0.2) is 10.9 Å². The third-order valence-corrected chi connectivity index (χ3v) is 4.51. The van der Waals surface area contributed by atoms with Crippen molar-refractivity contribution in [3.05, 3.63) is 35.1 Å². The minimum atomic E-state index is -0.383. The molecular formula is C14H18FN5S. The maximum absolute atomic E-state index is 12.8. The fourth-order valence-corrected chi connectivity index (χ4v) is 3.51. The smallest absolute Gasteiger partial charge is 0.180 e. The second kappa shape index (κ2) is 6.44. The molecule has 0 bridgehead atoms. The van der Waals surface area contributed by atoms with E-state index in [1.165, 1.54) is 30.1 Å². The highest BCUT2D eigenvalue weighted by molar-refractivity contribution is 7.15. The maximum Gasteiger partial charge on any atom is 0.180 e. The summed E-state index contributed by atoms with van der Waals surface area (Å²) in [5, 5.41) is 0.623. The van der Waals surface area contributed by atoms with Crippen LogP contribution in [-0.2, 0) is 13.0 Å². The number of likely N-dealkylation sites (tertiary alicyclic amines) is 1. The van der Waals surface area contributed by atoms with Crippen molar-refractivity contribution < 1.29 is 4.39 Å². The molecule has 1 unspecified atom stereocenters. The average Bonchev–Trinajstić information content (AvgIpc) is 2.87. The van der Waals surface area contributed by atoms with E-state index in [2.05, 4.69) is 19.9 Å². The molecule has 0 radical (unpaired) electrons. The van der Waals surface area contributed by atoms with Gasteiger partial charge in [-0.3, -0.25) is 4.90 Å². The predicted octanol–water partition coefficient (Wildman–Crippen LogP) is 2.11. The molecule has 112 valence electrons. The molecule has 1 aliphatic rings. The van der Waals surface area contributed by atoms with Gasteiger partial charge in [0.25, 0.3) is 0 Å². The lowest BCUT2D eigenvalue weighted by atomic mass is 9.94. The molecule has 1 atom stereocenters. The van der Waals surface area contributed by atoms with E-state index in [-0.39, 0.29) is 5.82 Å². The van der Waals surface area contributed by atoms with Crippen LogP contribution in [0.25, 0.3) is 0 Å². The number of nitrogens with zero attached hydrogens (tertiary/aromatic N) is 4. The number of nitrogen functional groups attached to an aromatic ring is 1. The van der Waals surface area contributed by atoms with Gasteiger partial charge in [-0.05, 0) is 25.3 Å². The average molecular weight is 307 g/mol. The molecular weight excluding hydrogens is 289 g/mol. The first-order valence-electron chi connectivity index (χ1n) is 7.08. The zero-order valence-electron chi connectivity index (χ0n) is 11.7. The third-order valence-electron chi connectivity index (χ3n) is 3.70. The van der Waals surface area contributed by atoms with E-state index in [4.69, 9.17) is 5.73 Å². The van der Waals surface area contributed by atoms with Crippen LogP contribution in [0, 0.1) is 11.7 Å². The van der Waals surface area contributed by atoms with Crippen molar-refractivity contribution in [2.24, 2.45) is 5.92 Å². The number of halogens is 1. The number of piperidine rings is 1. The number of anilines is 1. The highest BCUT2D eigenvalue weighted by Crippen LogP contribution is 2.23. The number of hydrogen-bond donors (Lipinski definition) is 1. The van der Waals surface area contributed by atoms with Gasteiger partial charge >= 0.3 is 0 Å². The minimum absolute atomic E-state index is 0.383. The molecule has 3 rings (SSSR count). The lowest BCUT2D eigenvalue weighted by Crippen LogP contribution is -2.35. The van der Waals surface area contributed by atoms with Gasteiger partial charge in [-0.1, -0.05) is 0 Å². The second-order valence-electron chi connectivity index (χ2n) is 5.43. The number of hydrogen-bond acceptors (Lipinski definition) is 6. The number of nitrogens with two attached hydrogens (primary N) is 1. The van der Waals surface area contributed by atoms with Crippen LogP contribution in [0.3, 0.4) is 0 Å². The van der Waals surface area contributed by atoms with Crippen molar-refractivity contribution in [2.45, 2.75) is 25.8 Å². The molecule has 1 fully saturated rings. The van der Waals surface area contributed by atoms with Crippen LogP contribution in [-0.4, -0.2) is 32.9 Å². The molecule has 2 aromatic heterocycles. The number of rotatable bonds is 4. The minimum Gasteiger partial charge on any atom is -0.375 e. The second-order valence-corrected chi connectivity index (χ2v) is 6.58. The summed E-state index contributed by atoms with van der Waals surface area (Å²) in [7, 11) is 0. The molecule has 1 aliphatic heterocycles. The zero-order valence-corrected chi connectivity index (χ0v) is 12.5. The Kier molecular flexibility index (Phi) is 4.40. The lowest BCUT2D eigenvalue weighted by molar-refractivity contribution is 0.167. The Balaban J connectivity index is 1.56. The summed E-state index contributed by atoms with van der Waals surface area (Å²) < 4.78 is 12.8. The Bertz CT molecular complexity index is 585. The topological polar surface area (TPSA) is 67.9 Å². The molecule has 0 aliphatic carbocycles. The highest BCUT2D eigenvalue weighted by atomic mass is 32.1. The Morgan fingerprint density at radius 2 is 2.10 bits per heavy atom. The van der Waals surface area contributed by atoms with Crippen LogP contribution >= 0.6 is 11.3 Å². The Labute approximate surface area is 127 Å². The first-order valence-corrected chi connectivity index (χ1v) is 7.89. The van der Waals surface area contributed by atoms with Crippen molar-refractivity contribution >= 4 is 16.5 Å². The monoisotopic (exact) mass is 307 g/mol. The number of aromatic nitrogens is 3. The lowest BCUT2D eigenvalue weighted by Gasteiger charge is -2.32. The Morgan fingerprint density at radius 3 is 2.81 bits per heavy atom. The van der Waals surface area contributed by atoms with Crippen LogP contribution in [0.2, 0.25) is 0 Å². The van der Waals surface area contributed by atoms with Crippen molar-refractivity contribution in [1.29, 1.82) is 0 Å². The SMILES string of the molecule is Nc1ncc(CN2CCCC(Cc3ncc(F)cn3)C2)s1. The predicted molar refractivity (Wildman–Crippen MR) is 80.2 cm³/mol. The van der Waals surface area contributed by atoms with Gasteiger partial charge in [-0.25, -0.2) is 19.3 Å². The van der Waals surface area contributed by atoms with Gasteiger partial charge in [0.2, 0.25) is 0 Å². The molecule has 2 aromatic rings. The first-order chi connectivity index (χ1) is 10.2. The van der Waals surface area contributed by atoms with Crippen molar-refractivity contribution in [3.8, 4) is 0 Å². The molecule has 0 spiro atoms. The van der Waals surface area contributed by atoms with E-state index in [0.29, 0.717) is 11.0 Å². The Morgan fingerprint density at radius 1 is 1.29 bits per heavy atom. The summed E-state index contributed by atoms with van der Waals surface area (Å²) >= 11 is 1.55. The van der Waals surface area contributed by atoms with Gasteiger partial charge in [-0.15, -0.1) is 11.3 Å². The van der Waals surface area contributed by atoms with E-state index >= 15 is 0 Å². The van der Waals surface area contributed by atoms with E-state index in [1.54, 1.807) is 11.3 Å². The standard InChI is InChI=1S/C14H18FN5S/c15-11-5-17-13(18-6-11)4-10-2-1-3-20(8-10)9-12-7-19-14(16)21-12/h5-7,10H,1-4,8-9H2,(H2,16,19). The summed E-state index contributed by atoms with van der Waals surface area (Å²) in [5.41, 5.74) is 5.67. The third kappa shape index (κ3) is 3.95. The molecule has 5 nitrogen and oxygen atoms in total. The normalized spacial score (nSPS) is 19.8. The molecule has 0 aromatic carbocycles. The summed E-state index contributed by atoms with van der Waals surface area (Å²) in [5.74, 6) is 0.867. The molecule has 0 amide bonds. The molecule has 2 N–H and O–H groups in total. The van der Waals surface area contributed by atoms with Crippen molar-refractivity contribution in [1.82, 2.24) is 19.9 Å². The van der Waals surface area contributed by atoms with E-state index in [1.807, 2.05) is 6.20 Å². The largest absolute Gasteiger partial charge is 0.375 e. The van der Waals surface area contributed by atoms with E-state index in [9.17, 15) is 4.39 Å². The Hall–Kier alpha value is -1.60. The van der Waals surface area contributed by atoms with Crippen LogP contribution in [0.5, 0.6) is 0 Å². The summed E-state index contributed by atoms with van der Waals surface area (Å²) in [6.07, 6.45) is 7.47. The van der Waals surface area contributed by atoms with Crippen LogP contribution in [0.4, 0.5) is 9.52 Å². The fourth-order valence-electron chi connectivity index (χ4n) is 2.78. The summed E-state index contributed by atoms with van der Waals surface area (Å²) in [4.78, 5) is 15.8. The zero-order chi connectivity index (χ0) is 14.7. The molecule has 1 saturated heterocycles. The fraction of sp³-hybridized carbons (Fsp3) is 0.500. The van der Waals surface area contributed by atoms with Gasteiger partial charge in [-0.2, -0.15) is 0 Å². The molecule has 3 heterocycles. The maximum atomic E-state index is 12.8. The van der Waals surface area contributed by atoms with Crippen molar-refractivity contribution in [3.63, 3.8) is 0 Å². The highest BCUT2D eigenvalue weighted by Gasteiger charge is 2.21. The quantitative estimate of drug-likeness (QED) is 0.937. The van der Waals surface area contributed by atoms with Crippen LogP contribution in [0.1, 0.15) is 23.5 Å². The summed E-state index contributed by atoms with van der Waals surface area (Å²) in [6.45, 7) is 3.01. The summed E-state index contributed by atoms with van der Waals surface area (Å²) in [6, 6.07) is 0. The van der Waals surface area contributed by atoms with Gasteiger partial charge in [0.1, 0.15) is 5.82 Å². The molecule has 0 saturated carbocycles. The van der Waals surface area contributed by atoms with Gasteiger partial charge in [0, 0.05) is 30.6 Å². The van der Waals surface area contributed by atoms with E-state index < -0.39 is 0 Å². The van der Waals surface area contributed by atoms with E-state index in [0.717, 1.165) is 31.9 Å². The van der Waals surface area contributed by atoms with Crippen LogP contribution in [0.15, 0.2) is 18.6 Å². The van der Waals surface area contributed by atoms with Crippen molar-refractivity contribution in [2.75, 3.05) is 18.8 Å². The molecule has 7 heteroatoms. The van der Waals surface area contributed by atoms with Gasteiger partial charge < -0.3 is 5.73 Å². The van der Waals surface area contributed by atoms with Gasteiger partial charge in [0.05, 0.1) is 12.4 Å². The molecule has 21 heavy (non-hydrogen) atoms. The van der Waals surface area contributed by atoms with Crippen LogP contribution < -0.4 is 5.73 Å². The number of thiazole rings is 1. The first kappa shape index (κ1) is 14.3.